The molecule has 2 N–H and O–H groups in total. The van der Waals surface area contributed by atoms with Crippen molar-refractivity contribution in [3.63, 3.8) is 0 Å². The molecule has 0 aliphatic heterocycles. The standard InChI is InChI=1S/C12H24N4OS/c1-5-7-13-10(4)11-15-16-12(17-11)14-9(3)8-18-6-2/h9-10,13H,5-8H2,1-4H3,(H,14,16). The summed E-state index contributed by atoms with van der Waals surface area (Å²) >= 11 is 1.89. The van der Waals surface area contributed by atoms with Gasteiger partial charge in [0.1, 0.15) is 0 Å². The third-order valence-corrected chi connectivity index (χ3v) is 3.60. The minimum atomic E-state index is 0.105. The first-order valence-electron chi connectivity index (χ1n) is 6.58. The molecule has 5 nitrogen and oxygen atoms in total. The van der Waals surface area contributed by atoms with Gasteiger partial charge in [-0.25, -0.2) is 0 Å². The van der Waals surface area contributed by atoms with Gasteiger partial charge in [-0.05, 0) is 32.6 Å². The number of hydrogen-bond acceptors (Lipinski definition) is 6. The summed E-state index contributed by atoms with van der Waals surface area (Å²) in [4.78, 5) is 0. The first-order valence-corrected chi connectivity index (χ1v) is 7.73. The molecule has 2 unspecified atom stereocenters. The van der Waals surface area contributed by atoms with E-state index in [9.17, 15) is 0 Å². The molecule has 1 rings (SSSR count). The molecule has 1 aromatic heterocycles. The third kappa shape index (κ3) is 5.27. The van der Waals surface area contributed by atoms with Crippen molar-refractivity contribution in [2.24, 2.45) is 0 Å². The Kier molecular flexibility index (Phi) is 7.12. The van der Waals surface area contributed by atoms with Gasteiger partial charge in [0.2, 0.25) is 5.89 Å². The molecule has 0 bridgehead atoms. The van der Waals surface area contributed by atoms with Gasteiger partial charge in [-0.3, -0.25) is 0 Å². The van der Waals surface area contributed by atoms with Crippen molar-refractivity contribution in [1.29, 1.82) is 0 Å². The quantitative estimate of drug-likeness (QED) is 0.720. The highest BCUT2D eigenvalue weighted by molar-refractivity contribution is 7.99. The van der Waals surface area contributed by atoms with E-state index < -0.39 is 0 Å². The van der Waals surface area contributed by atoms with Crippen LogP contribution in [-0.2, 0) is 0 Å². The van der Waals surface area contributed by atoms with Crippen molar-refractivity contribution in [3.05, 3.63) is 5.89 Å². The molecule has 0 amide bonds. The van der Waals surface area contributed by atoms with E-state index in [-0.39, 0.29) is 6.04 Å². The Morgan fingerprint density at radius 1 is 1.28 bits per heavy atom. The van der Waals surface area contributed by atoms with Gasteiger partial charge in [-0.2, -0.15) is 11.8 Å². The van der Waals surface area contributed by atoms with Crippen LogP contribution in [0.15, 0.2) is 4.42 Å². The summed E-state index contributed by atoms with van der Waals surface area (Å²) in [6.07, 6.45) is 1.09. The third-order valence-electron chi connectivity index (χ3n) is 2.45. The van der Waals surface area contributed by atoms with Gasteiger partial charge >= 0.3 is 6.01 Å². The number of rotatable bonds is 9. The molecule has 0 saturated carbocycles. The summed E-state index contributed by atoms with van der Waals surface area (Å²) in [6.45, 7) is 9.39. The van der Waals surface area contributed by atoms with E-state index in [0.717, 1.165) is 24.5 Å². The molecule has 18 heavy (non-hydrogen) atoms. The molecule has 1 aromatic rings. The lowest BCUT2D eigenvalue weighted by Crippen LogP contribution is -2.19. The molecule has 2 atom stereocenters. The minimum Gasteiger partial charge on any atom is -0.406 e. The van der Waals surface area contributed by atoms with Crippen LogP contribution in [0.3, 0.4) is 0 Å². The average Bonchev–Trinajstić information content (AvgIpc) is 2.82. The topological polar surface area (TPSA) is 63.0 Å². The molecule has 1 heterocycles. The highest BCUT2D eigenvalue weighted by Crippen LogP contribution is 2.15. The maximum Gasteiger partial charge on any atom is 0.315 e. The summed E-state index contributed by atoms with van der Waals surface area (Å²) in [5, 5.41) is 14.6. The smallest absolute Gasteiger partial charge is 0.315 e. The molecular weight excluding hydrogens is 248 g/mol. The van der Waals surface area contributed by atoms with Crippen LogP contribution in [0.2, 0.25) is 0 Å². The first kappa shape index (κ1) is 15.3. The number of thioether (sulfide) groups is 1. The summed E-state index contributed by atoms with van der Waals surface area (Å²) in [5.41, 5.74) is 0. The maximum atomic E-state index is 5.59. The van der Waals surface area contributed by atoms with E-state index >= 15 is 0 Å². The summed E-state index contributed by atoms with van der Waals surface area (Å²) < 4.78 is 5.59. The second kappa shape index (κ2) is 8.37. The minimum absolute atomic E-state index is 0.105. The lowest BCUT2D eigenvalue weighted by Gasteiger charge is -2.10. The summed E-state index contributed by atoms with van der Waals surface area (Å²) in [7, 11) is 0. The Hall–Kier alpha value is -0.750. The van der Waals surface area contributed by atoms with Gasteiger partial charge in [-0.1, -0.05) is 18.9 Å². The molecule has 0 aromatic carbocycles. The van der Waals surface area contributed by atoms with Crippen molar-refractivity contribution >= 4 is 17.8 Å². The lowest BCUT2D eigenvalue weighted by atomic mass is 10.3. The van der Waals surface area contributed by atoms with Gasteiger partial charge in [0, 0.05) is 11.8 Å². The van der Waals surface area contributed by atoms with E-state index in [1.807, 2.05) is 18.7 Å². The molecular formula is C12H24N4OS. The largest absolute Gasteiger partial charge is 0.406 e. The fourth-order valence-electron chi connectivity index (χ4n) is 1.46. The Morgan fingerprint density at radius 3 is 2.72 bits per heavy atom. The zero-order chi connectivity index (χ0) is 13.4. The van der Waals surface area contributed by atoms with Crippen LogP contribution in [-0.4, -0.2) is 34.3 Å². The predicted octanol–water partition coefficient (Wildman–Crippen LogP) is 2.68. The van der Waals surface area contributed by atoms with Crippen molar-refractivity contribution in [3.8, 4) is 0 Å². The lowest BCUT2D eigenvalue weighted by molar-refractivity contribution is 0.422. The number of hydrogen-bond donors (Lipinski definition) is 2. The van der Waals surface area contributed by atoms with Crippen LogP contribution >= 0.6 is 11.8 Å². The fourth-order valence-corrected chi connectivity index (χ4v) is 2.14. The van der Waals surface area contributed by atoms with E-state index in [1.165, 1.54) is 0 Å². The molecule has 0 aliphatic carbocycles. The molecule has 0 saturated heterocycles. The second-order valence-corrected chi connectivity index (χ2v) is 5.65. The number of anilines is 1. The van der Waals surface area contributed by atoms with Crippen molar-refractivity contribution < 1.29 is 4.42 Å². The van der Waals surface area contributed by atoms with Gasteiger partial charge in [0.15, 0.2) is 0 Å². The van der Waals surface area contributed by atoms with Crippen molar-refractivity contribution in [2.45, 2.75) is 46.2 Å². The maximum absolute atomic E-state index is 5.59. The summed E-state index contributed by atoms with van der Waals surface area (Å²) in [5.74, 6) is 2.80. The number of aromatic nitrogens is 2. The van der Waals surface area contributed by atoms with Crippen LogP contribution in [0.25, 0.3) is 0 Å². The summed E-state index contributed by atoms with van der Waals surface area (Å²) in [6, 6.07) is 0.954. The second-order valence-electron chi connectivity index (χ2n) is 4.33. The Balaban J connectivity index is 2.42. The first-order chi connectivity index (χ1) is 8.67. The van der Waals surface area contributed by atoms with Gasteiger partial charge in [0.05, 0.1) is 6.04 Å². The van der Waals surface area contributed by atoms with E-state index in [1.54, 1.807) is 0 Å². The number of nitrogens with zero attached hydrogens (tertiary/aromatic N) is 2. The fraction of sp³-hybridized carbons (Fsp3) is 0.833. The number of nitrogens with one attached hydrogen (secondary N) is 2. The Bertz CT molecular complexity index is 332. The van der Waals surface area contributed by atoms with Crippen LogP contribution in [0.1, 0.15) is 46.0 Å². The average molecular weight is 272 g/mol. The van der Waals surface area contributed by atoms with E-state index in [2.05, 4.69) is 41.6 Å². The molecule has 0 aliphatic rings. The predicted molar refractivity (Wildman–Crippen MR) is 77.1 cm³/mol. The normalized spacial score (nSPS) is 14.4. The Morgan fingerprint density at radius 2 is 2.06 bits per heavy atom. The van der Waals surface area contributed by atoms with E-state index in [4.69, 9.17) is 4.42 Å². The SMILES string of the molecule is CCCNC(C)c1nnc(NC(C)CSCC)o1. The molecule has 0 spiro atoms. The van der Waals surface area contributed by atoms with Crippen LogP contribution < -0.4 is 10.6 Å². The van der Waals surface area contributed by atoms with Crippen LogP contribution in [0, 0.1) is 0 Å². The molecule has 6 heteroatoms. The zero-order valence-corrected chi connectivity index (χ0v) is 12.5. The van der Waals surface area contributed by atoms with Crippen LogP contribution in [0.4, 0.5) is 6.01 Å². The van der Waals surface area contributed by atoms with Crippen molar-refractivity contribution in [2.75, 3.05) is 23.4 Å². The Labute approximate surface area is 114 Å². The molecule has 104 valence electrons. The highest BCUT2D eigenvalue weighted by Gasteiger charge is 2.14. The van der Waals surface area contributed by atoms with Gasteiger partial charge in [0.25, 0.3) is 0 Å². The monoisotopic (exact) mass is 272 g/mol. The van der Waals surface area contributed by atoms with Crippen molar-refractivity contribution in [1.82, 2.24) is 15.5 Å². The highest BCUT2D eigenvalue weighted by atomic mass is 32.2. The molecule has 0 fully saturated rings. The zero-order valence-electron chi connectivity index (χ0n) is 11.7. The van der Waals surface area contributed by atoms with Gasteiger partial charge in [-0.15, -0.1) is 5.10 Å². The molecule has 0 radical (unpaired) electrons. The van der Waals surface area contributed by atoms with E-state index in [0.29, 0.717) is 17.9 Å². The van der Waals surface area contributed by atoms with Crippen LogP contribution in [0.5, 0.6) is 0 Å². The van der Waals surface area contributed by atoms with Gasteiger partial charge < -0.3 is 15.1 Å².